The number of nitrogens with zero attached hydrogens (tertiary/aromatic N) is 1. The zero-order valence-corrected chi connectivity index (χ0v) is 11.2. The summed E-state index contributed by atoms with van der Waals surface area (Å²) >= 11 is 0. The Morgan fingerprint density at radius 2 is 2.35 bits per heavy atom. The first-order chi connectivity index (χ1) is 9.61. The molecule has 0 unspecified atom stereocenters. The van der Waals surface area contributed by atoms with Crippen LogP contribution in [0, 0.1) is 0 Å². The maximum absolute atomic E-state index is 11.9. The quantitative estimate of drug-likeness (QED) is 0.573. The fourth-order valence-electron chi connectivity index (χ4n) is 1.88. The van der Waals surface area contributed by atoms with Crippen molar-refractivity contribution in [2.45, 2.75) is 0 Å². The lowest BCUT2D eigenvalue weighted by Crippen LogP contribution is -2.45. The van der Waals surface area contributed by atoms with Crippen molar-refractivity contribution in [3.8, 4) is 5.75 Å². The molecule has 2 rings (SSSR count). The number of hydrogen-bond acceptors (Lipinski definition) is 5. The van der Waals surface area contributed by atoms with Crippen LogP contribution < -0.4 is 20.7 Å². The van der Waals surface area contributed by atoms with E-state index in [2.05, 4.69) is 5.32 Å². The van der Waals surface area contributed by atoms with E-state index < -0.39 is 0 Å². The first-order valence-electron chi connectivity index (χ1n) is 6.20. The van der Waals surface area contributed by atoms with Crippen LogP contribution in [0.25, 0.3) is 0 Å². The van der Waals surface area contributed by atoms with E-state index in [1.54, 1.807) is 25.3 Å². The van der Waals surface area contributed by atoms with Crippen molar-refractivity contribution in [3.05, 3.63) is 18.2 Å². The number of amides is 2. The second-order valence-corrected chi connectivity index (χ2v) is 4.34. The van der Waals surface area contributed by atoms with Gasteiger partial charge in [0.05, 0.1) is 12.3 Å². The van der Waals surface area contributed by atoms with E-state index in [4.69, 9.17) is 15.2 Å². The van der Waals surface area contributed by atoms with Crippen LogP contribution in [-0.2, 0) is 14.3 Å². The number of hydrogen-bond donors (Lipinski definition) is 2. The maximum atomic E-state index is 11.9. The molecule has 0 aliphatic carbocycles. The van der Waals surface area contributed by atoms with E-state index in [0.717, 1.165) is 0 Å². The van der Waals surface area contributed by atoms with E-state index in [1.807, 2.05) is 0 Å². The minimum absolute atomic E-state index is 0.0671. The lowest BCUT2D eigenvalue weighted by Gasteiger charge is -2.29. The molecular formula is C13H17N3O4. The van der Waals surface area contributed by atoms with Crippen molar-refractivity contribution >= 4 is 23.2 Å². The smallest absolute Gasteiger partial charge is 0.265 e. The molecule has 3 N–H and O–H groups in total. The van der Waals surface area contributed by atoms with Crippen LogP contribution >= 0.6 is 0 Å². The van der Waals surface area contributed by atoms with E-state index in [-0.39, 0.29) is 25.0 Å². The highest BCUT2D eigenvalue weighted by atomic mass is 16.5. The molecule has 0 radical (unpaired) electrons. The number of rotatable bonds is 5. The number of nitrogens with one attached hydrogen (secondary N) is 1. The van der Waals surface area contributed by atoms with Crippen molar-refractivity contribution in [2.75, 3.05) is 44.0 Å². The molecular weight excluding hydrogens is 262 g/mol. The third-order valence-electron chi connectivity index (χ3n) is 2.86. The van der Waals surface area contributed by atoms with E-state index >= 15 is 0 Å². The minimum Gasteiger partial charge on any atom is -0.482 e. The summed E-state index contributed by atoms with van der Waals surface area (Å²) in [6.07, 6.45) is 0. The fourth-order valence-corrected chi connectivity index (χ4v) is 1.88. The molecule has 0 aromatic heterocycles. The molecule has 1 aromatic carbocycles. The van der Waals surface area contributed by atoms with Crippen LogP contribution in [-0.4, -0.2) is 45.2 Å². The Balaban J connectivity index is 2.09. The maximum Gasteiger partial charge on any atom is 0.265 e. The summed E-state index contributed by atoms with van der Waals surface area (Å²) in [7, 11) is 1.55. The number of carbonyl (C=O) groups excluding carboxylic acids is 2. The van der Waals surface area contributed by atoms with Gasteiger partial charge in [-0.25, -0.2) is 0 Å². The molecule has 0 fully saturated rings. The Labute approximate surface area is 116 Å². The van der Waals surface area contributed by atoms with Crippen LogP contribution in [0.1, 0.15) is 0 Å². The fraction of sp³-hybridized carbons (Fsp3) is 0.385. The first-order valence-corrected chi connectivity index (χ1v) is 6.20. The molecule has 1 aliphatic rings. The molecule has 20 heavy (non-hydrogen) atoms. The summed E-state index contributed by atoms with van der Waals surface area (Å²) in [6, 6.07) is 4.99. The predicted molar refractivity (Wildman–Crippen MR) is 73.6 cm³/mol. The lowest BCUT2D eigenvalue weighted by molar-refractivity contribution is -0.125. The van der Waals surface area contributed by atoms with Crippen LogP contribution in [0.15, 0.2) is 18.2 Å². The summed E-state index contributed by atoms with van der Waals surface area (Å²) in [6.45, 7) is 0.675. The van der Waals surface area contributed by atoms with Crippen LogP contribution in [0.5, 0.6) is 5.75 Å². The van der Waals surface area contributed by atoms with Gasteiger partial charge in [-0.2, -0.15) is 0 Å². The Kier molecular flexibility index (Phi) is 4.41. The average molecular weight is 279 g/mol. The second-order valence-electron chi connectivity index (χ2n) is 4.34. The molecule has 1 aromatic rings. The second kappa shape index (κ2) is 6.25. The van der Waals surface area contributed by atoms with Crippen molar-refractivity contribution in [1.29, 1.82) is 0 Å². The van der Waals surface area contributed by atoms with Crippen LogP contribution in [0.3, 0.4) is 0 Å². The van der Waals surface area contributed by atoms with Gasteiger partial charge in [0.1, 0.15) is 12.3 Å². The van der Waals surface area contributed by atoms with Crippen LogP contribution in [0.2, 0.25) is 0 Å². The number of fused-ring (bicyclic) bond motifs is 1. The monoisotopic (exact) mass is 279 g/mol. The minimum atomic E-state index is -0.273. The molecule has 0 spiro atoms. The Hall–Kier alpha value is -2.28. The summed E-state index contributed by atoms with van der Waals surface area (Å²) in [5, 5.41) is 2.67. The SMILES string of the molecule is COCCNC(=O)CN1C(=O)COc2ccc(N)cc21. The number of benzene rings is 1. The lowest BCUT2D eigenvalue weighted by atomic mass is 10.2. The van der Waals surface area contributed by atoms with Gasteiger partial charge in [0.2, 0.25) is 5.91 Å². The summed E-state index contributed by atoms with van der Waals surface area (Å²) in [4.78, 5) is 25.1. The number of nitrogens with two attached hydrogens (primary N) is 1. The number of methoxy groups -OCH3 is 1. The molecule has 0 saturated carbocycles. The highest BCUT2D eigenvalue weighted by Gasteiger charge is 2.27. The van der Waals surface area contributed by atoms with E-state index in [0.29, 0.717) is 30.3 Å². The van der Waals surface area contributed by atoms with Crippen molar-refractivity contribution in [1.82, 2.24) is 5.32 Å². The summed E-state index contributed by atoms with van der Waals surface area (Å²) in [5.74, 6) is 0.0131. The molecule has 7 nitrogen and oxygen atoms in total. The number of anilines is 2. The molecule has 1 aliphatic heterocycles. The molecule has 0 bridgehead atoms. The molecule has 0 saturated heterocycles. The van der Waals surface area contributed by atoms with Gasteiger partial charge in [-0.3, -0.25) is 14.5 Å². The zero-order chi connectivity index (χ0) is 14.5. The van der Waals surface area contributed by atoms with Gasteiger partial charge in [0.25, 0.3) is 5.91 Å². The van der Waals surface area contributed by atoms with Crippen molar-refractivity contribution in [3.63, 3.8) is 0 Å². The topological polar surface area (TPSA) is 93.9 Å². The predicted octanol–water partition coefficient (Wildman–Crippen LogP) is -0.243. The van der Waals surface area contributed by atoms with Gasteiger partial charge < -0.3 is 20.5 Å². The summed E-state index contributed by atoms with van der Waals surface area (Å²) in [5.41, 5.74) is 6.73. The summed E-state index contributed by atoms with van der Waals surface area (Å²) < 4.78 is 10.1. The molecule has 1 heterocycles. The highest BCUT2D eigenvalue weighted by molar-refractivity contribution is 6.02. The van der Waals surface area contributed by atoms with Crippen molar-refractivity contribution < 1.29 is 19.1 Å². The molecule has 7 heteroatoms. The third-order valence-corrected chi connectivity index (χ3v) is 2.86. The normalized spacial score (nSPS) is 13.7. The van der Waals surface area contributed by atoms with Crippen LogP contribution in [0.4, 0.5) is 11.4 Å². The third kappa shape index (κ3) is 3.18. The van der Waals surface area contributed by atoms with Gasteiger partial charge in [-0.15, -0.1) is 0 Å². The van der Waals surface area contributed by atoms with Gasteiger partial charge in [-0.05, 0) is 18.2 Å². The average Bonchev–Trinajstić information content (AvgIpc) is 2.42. The molecule has 108 valence electrons. The van der Waals surface area contributed by atoms with E-state index in [1.165, 1.54) is 4.90 Å². The van der Waals surface area contributed by atoms with E-state index in [9.17, 15) is 9.59 Å². The van der Waals surface area contributed by atoms with Gasteiger partial charge in [0, 0.05) is 19.3 Å². The van der Waals surface area contributed by atoms with Gasteiger partial charge >= 0.3 is 0 Å². The van der Waals surface area contributed by atoms with Crippen molar-refractivity contribution in [2.24, 2.45) is 0 Å². The zero-order valence-electron chi connectivity index (χ0n) is 11.2. The number of ether oxygens (including phenoxy) is 2. The first kappa shape index (κ1) is 14.1. The Morgan fingerprint density at radius 3 is 3.10 bits per heavy atom. The van der Waals surface area contributed by atoms with Gasteiger partial charge in [0.15, 0.2) is 6.61 Å². The largest absolute Gasteiger partial charge is 0.482 e. The molecule has 0 atom stereocenters. The standard InChI is InChI=1S/C13H17N3O4/c1-19-5-4-15-12(17)7-16-10-6-9(14)2-3-11(10)20-8-13(16)18/h2-3,6H,4-5,7-8,14H2,1H3,(H,15,17). The molecule has 2 amide bonds. The van der Waals surface area contributed by atoms with Gasteiger partial charge in [-0.1, -0.05) is 0 Å². The Bertz CT molecular complexity index is 518. The highest BCUT2D eigenvalue weighted by Crippen LogP contribution is 2.33. The number of nitrogen functional groups attached to an aromatic ring is 1. The Morgan fingerprint density at radius 1 is 1.55 bits per heavy atom. The number of carbonyl (C=O) groups is 2.